The third kappa shape index (κ3) is 2.13. The number of nitrogens with zero attached hydrogens (tertiary/aromatic N) is 1. The predicted octanol–water partition coefficient (Wildman–Crippen LogP) is 1.08. The smallest absolute Gasteiger partial charge is 0.225 e. The van der Waals surface area contributed by atoms with Crippen LogP contribution in [0.25, 0.3) is 0 Å². The second-order valence-electron chi connectivity index (χ2n) is 4.24. The molecule has 2 aliphatic rings. The Morgan fingerprint density at radius 3 is 2.93 bits per heavy atom. The summed E-state index contributed by atoms with van der Waals surface area (Å²) in [6.07, 6.45) is 1.38. The highest BCUT2D eigenvalue weighted by atomic mass is 32.2. The Kier molecular flexibility index (Phi) is 3.21. The molecule has 2 rings (SSSR count). The Balaban J connectivity index is 1.80. The van der Waals surface area contributed by atoms with Crippen molar-refractivity contribution in [3.05, 3.63) is 0 Å². The molecule has 2 fully saturated rings. The fourth-order valence-corrected chi connectivity index (χ4v) is 3.83. The average Bonchev–Trinajstić information content (AvgIpc) is 2.59. The average molecular weight is 233 g/mol. The zero-order valence-corrected chi connectivity index (χ0v) is 9.69. The van der Waals surface area contributed by atoms with Crippen molar-refractivity contribution in [2.24, 2.45) is 0 Å². The highest BCUT2D eigenvalue weighted by Gasteiger charge is 2.50. The van der Waals surface area contributed by atoms with Gasteiger partial charge in [0.05, 0.1) is 23.9 Å². The number of rotatable bonds is 3. The quantitative estimate of drug-likeness (QED) is 0.730. The van der Waals surface area contributed by atoms with Gasteiger partial charge in [-0.3, -0.25) is 9.18 Å². The molecular formula is C10H16FNO2S. The third-order valence-corrected chi connectivity index (χ3v) is 4.70. The van der Waals surface area contributed by atoms with Crippen molar-refractivity contribution >= 4 is 17.7 Å². The first-order valence-corrected chi connectivity index (χ1v) is 6.18. The van der Waals surface area contributed by atoms with Gasteiger partial charge in [-0.15, -0.1) is 11.8 Å². The van der Waals surface area contributed by atoms with Gasteiger partial charge in [0.1, 0.15) is 0 Å². The van der Waals surface area contributed by atoms with Crippen LogP contribution >= 0.6 is 11.8 Å². The summed E-state index contributed by atoms with van der Waals surface area (Å²) < 4.78 is 17.5. The number of amides is 1. The fourth-order valence-electron chi connectivity index (χ4n) is 2.24. The van der Waals surface area contributed by atoms with Gasteiger partial charge in [-0.1, -0.05) is 0 Å². The SMILES string of the molecule is COC1CSC2(C1)CN(C(=O)CCF)C2. The van der Waals surface area contributed by atoms with Crippen molar-refractivity contribution in [2.45, 2.75) is 23.7 Å². The molecule has 1 amide bonds. The van der Waals surface area contributed by atoms with Crippen LogP contribution in [-0.4, -0.2) is 54.3 Å². The Hall–Kier alpha value is -0.290. The summed E-state index contributed by atoms with van der Waals surface area (Å²) in [5, 5.41) is 0. The van der Waals surface area contributed by atoms with E-state index in [1.807, 2.05) is 11.8 Å². The molecule has 0 aromatic carbocycles. The largest absolute Gasteiger partial charge is 0.381 e. The first kappa shape index (κ1) is 11.2. The van der Waals surface area contributed by atoms with Gasteiger partial charge < -0.3 is 9.64 Å². The Morgan fingerprint density at radius 1 is 1.67 bits per heavy atom. The highest BCUT2D eigenvalue weighted by molar-refractivity contribution is 8.01. The number of hydrogen-bond donors (Lipinski definition) is 0. The number of likely N-dealkylation sites (tertiary alicyclic amines) is 1. The molecule has 0 saturated carbocycles. The number of halogens is 1. The van der Waals surface area contributed by atoms with E-state index in [9.17, 15) is 9.18 Å². The standard InChI is InChI=1S/C10H16FNO2S/c1-14-8-4-10(15-5-8)6-12(7-10)9(13)2-3-11/h8H,2-7H2,1H3. The summed E-state index contributed by atoms with van der Waals surface area (Å²) in [6.45, 7) is 1.00. The summed E-state index contributed by atoms with van der Waals surface area (Å²) in [5.41, 5.74) is 0. The lowest BCUT2D eigenvalue weighted by Crippen LogP contribution is -2.60. The minimum Gasteiger partial charge on any atom is -0.381 e. The van der Waals surface area contributed by atoms with Crippen LogP contribution in [0.1, 0.15) is 12.8 Å². The molecule has 86 valence electrons. The molecule has 15 heavy (non-hydrogen) atoms. The Bertz CT molecular complexity index is 256. The molecule has 0 bridgehead atoms. The molecule has 0 N–H and O–H groups in total. The van der Waals surface area contributed by atoms with E-state index in [0.717, 1.165) is 25.3 Å². The fraction of sp³-hybridized carbons (Fsp3) is 0.900. The van der Waals surface area contributed by atoms with Gasteiger partial charge in [-0.05, 0) is 6.42 Å². The van der Waals surface area contributed by atoms with Crippen molar-refractivity contribution in [3.8, 4) is 0 Å². The summed E-state index contributed by atoms with van der Waals surface area (Å²) in [6, 6.07) is 0. The third-order valence-electron chi connectivity index (χ3n) is 3.13. The second kappa shape index (κ2) is 4.29. The molecular weight excluding hydrogens is 217 g/mol. The summed E-state index contributed by atoms with van der Waals surface area (Å²) in [4.78, 5) is 13.1. The Morgan fingerprint density at radius 2 is 2.40 bits per heavy atom. The number of carbonyl (C=O) groups is 1. The van der Waals surface area contributed by atoms with E-state index in [4.69, 9.17) is 4.74 Å². The summed E-state index contributed by atoms with van der Waals surface area (Å²) >= 11 is 1.89. The molecule has 1 atom stereocenters. The van der Waals surface area contributed by atoms with E-state index in [1.165, 1.54) is 0 Å². The van der Waals surface area contributed by atoms with E-state index >= 15 is 0 Å². The van der Waals surface area contributed by atoms with Gasteiger partial charge in [0.15, 0.2) is 0 Å². The van der Waals surface area contributed by atoms with E-state index in [-0.39, 0.29) is 17.1 Å². The number of ether oxygens (including phenoxy) is 1. The normalized spacial score (nSPS) is 28.1. The Labute approximate surface area is 93.3 Å². The number of thioether (sulfide) groups is 1. The zero-order chi connectivity index (χ0) is 10.9. The molecule has 2 saturated heterocycles. The van der Waals surface area contributed by atoms with Gasteiger partial charge in [0.2, 0.25) is 5.91 Å². The van der Waals surface area contributed by atoms with E-state index in [0.29, 0.717) is 6.10 Å². The van der Waals surface area contributed by atoms with Crippen LogP contribution < -0.4 is 0 Å². The van der Waals surface area contributed by atoms with Gasteiger partial charge in [-0.25, -0.2) is 0 Å². The lowest BCUT2D eigenvalue weighted by atomic mass is 9.92. The van der Waals surface area contributed by atoms with Crippen LogP contribution in [-0.2, 0) is 9.53 Å². The van der Waals surface area contributed by atoms with Crippen LogP contribution in [0.2, 0.25) is 0 Å². The van der Waals surface area contributed by atoms with Gasteiger partial charge in [0.25, 0.3) is 0 Å². The van der Waals surface area contributed by atoms with Crippen molar-refractivity contribution in [1.29, 1.82) is 0 Å². The van der Waals surface area contributed by atoms with E-state index in [2.05, 4.69) is 0 Å². The van der Waals surface area contributed by atoms with Gasteiger partial charge in [0, 0.05) is 26.0 Å². The number of hydrogen-bond acceptors (Lipinski definition) is 3. The van der Waals surface area contributed by atoms with Crippen molar-refractivity contribution in [1.82, 2.24) is 4.90 Å². The summed E-state index contributed by atoms with van der Waals surface area (Å²) in [7, 11) is 1.73. The van der Waals surface area contributed by atoms with Gasteiger partial charge in [-0.2, -0.15) is 0 Å². The first-order chi connectivity index (χ1) is 7.19. The molecule has 0 aromatic rings. The molecule has 0 radical (unpaired) electrons. The maximum absolute atomic E-state index is 12.0. The molecule has 0 aromatic heterocycles. The lowest BCUT2D eigenvalue weighted by Gasteiger charge is -2.47. The van der Waals surface area contributed by atoms with Crippen LogP contribution in [0.5, 0.6) is 0 Å². The topological polar surface area (TPSA) is 29.5 Å². The molecule has 3 nitrogen and oxygen atoms in total. The maximum atomic E-state index is 12.0. The van der Waals surface area contributed by atoms with Crippen LogP contribution in [0.4, 0.5) is 4.39 Å². The highest BCUT2D eigenvalue weighted by Crippen LogP contribution is 2.45. The minimum atomic E-state index is -0.545. The first-order valence-electron chi connectivity index (χ1n) is 5.19. The van der Waals surface area contributed by atoms with E-state index in [1.54, 1.807) is 12.0 Å². The van der Waals surface area contributed by atoms with Crippen molar-refractivity contribution in [2.75, 3.05) is 32.6 Å². The van der Waals surface area contributed by atoms with E-state index < -0.39 is 6.67 Å². The second-order valence-corrected chi connectivity index (χ2v) is 5.73. The number of carbonyl (C=O) groups excluding carboxylic acids is 1. The van der Waals surface area contributed by atoms with Crippen molar-refractivity contribution in [3.63, 3.8) is 0 Å². The molecule has 2 aliphatic heterocycles. The van der Waals surface area contributed by atoms with Crippen molar-refractivity contribution < 1.29 is 13.9 Å². The van der Waals surface area contributed by atoms with Gasteiger partial charge >= 0.3 is 0 Å². The lowest BCUT2D eigenvalue weighted by molar-refractivity contribution is -0.136. The summed E-state index contributed by atoms with van der Waals surface area (Å²) in [5.74, 6) is 0.964. The minimum absolute atomic E-state index is 0.0362. The van der Waals surface area contributed by atoms with Crippen LogP contribution in [0.3, 0.4) is 0 Å². The molecule has 2 heterocycles. The van der Waals surface area contributed by atoms with Crippen LogP contribution in [0.15, 0.2) is 0 Å². The predicted molar refractivity (Wildman–Crippen MR) is 57.8 cm³/mol. The number of methoxy groups -OCH3 is 1. The molecule has 5 heteroatoms. The monoisotopic (exact) mass is 233 g/mol. The maximum Gasteiger partial charge on any atom is 0.225 e. The molecule has 1 spiro atoms. The molecule has 0 aliphatic carbocycles. The molecule has 1 unspecified atom stereocenters. The number of alkyl halides is 1. The zero-order valence-electron chi connectivity index (χ0n) is 8.87. The van der Waals surface area contributed by atoms with Crippen LogP contribution in [0, 0.1) is 0 Å².